The Morgan fingerprint density at radius 1 is 1.38 bits per heavy atom. The number of nitrogens with zero attached hydrogens (tertiary/aromatic N) is 1. The lowest BCUT2D eigenvalue weighted by molar-refractivity contribution is 0.133. The minimum absolute atomic E-state index is 0.549. The summed E-state index contributed by atoms with van der Waals surface area (Å²) in [6.45, 7) is 8.90. The average Bonchev–Trinajstić information content (AvgIpc) is 2.49. The molecule has 1 heterocycles. The van der Waals surface area contributed by atoms with E-state index >= 15 is 0 Å². The molecule has 1 aliphatic rings. The van der Waals surface area contributed by atoms with Crippen molar-refractivity contribution in [2.45, 2.75) is 26.4 Å². The summed E-state index contributed by atoms with van der Waals surface area (Å²) in [6, 6.07) is 1.89. The van der Waals surface area contributed by atoms with E-state index in [9.17, 15) is 5.11 Å². The van der Waals surface area contributed by atoms with Gasteiger partial charge >= 0.3 is 0 Å². The topological polar surface area (TPSA) is 44.7 Å². The predicted molar refractivity (Wildman–Crippen MR) is 86.4 cm³/mol. The maximum atomic E-state index is 10.6. The Hall–Kier alpha value is -0.810. The summed E-state index contributed by atoms with van der Waals surface area (Å²) in [5.74, 6) is 0.754. The zero-order valence-electron chi connectivity index (χ0n) is 13.1. The first-order valence-electron chi connectivity index (χ1n) is 7.49. The van der Waals surface area contributed by atoms with Crippen LogP contribution >= 0.6 is 11.6 Å². The van der Waals surface area contributed by atoms with Gasteiger partial charge in [0.2, 0.25) is 0 Å². The quantitative estimate of drug-likeness (QED) is 0.875. The molecule has 0 saturated carbocycles. The SMILES string of the molecule is COc1c(C)cc(Cl)c(C)c1C(O)CCN1CCNCC1. The van der Waals surface area contributed by atoms with Gasteiger partial charge in [-0.25, -0.2) is 0 Å². The Morgan fingerprint density at radius 3 is 2.67 bits per heavy atom. The molecule has 0 bridgehead atoms. The molecule has 0 aromatic heterocycles. The molecule has 2 rings (SSSR count). The van der Waals surface area contributed by atoms with Gasteiger partial charge in [-0.05, 0) is 37.5 Å². The summed E-state index contributed by atoms with van der Waals surface area (Å²) >= 11 is 6.26. The third-order valence-corrected chi connectivity index (χ3v) is 4.57. The second-order valence-corrected chi connectivity index (χ2v) is 6.05. The molecule has 5 heteroatoms. The second kappa shape index (κ2) is 7.45. The van der Waals surface area contributed by atoms with Gasteiger partial charge in [0.15, 0.2) is 0 Å². The standard InChI is InChI=1S/C16H25ClN2O2/c1-11-10-13(17)12(2)15(16(11)21-3)14(20)4-7-19-8-5-18-6-9-19/h10,14,18,20H,4-9H2,1-3H3. The maximum Gasteiger partial charge on any atom is 0.127 e. The van der Waals surface area contributed by atoms with E-state index in [4.69, 9.17) is 16.3 Å². The van der Waals surface area contributed by atoms with Crippen LogP contribution in [0.25, 0.3) is 0 Å². The number of hydrogen-bond donors (Lipinski definition) is 2. The van der Waals surface area contributed by atoms with Gasteiger partial charge in [0.1, 0.15) is 5.75 Å². The van der Waals surface area contributed by atoms with Crippen molar-refractivity contribution in [3.63, 3.8) is 0 Å². The summed E-state index contributed by atoms with van der Waals surface area (Å²) in [7, 11) is 1.64. The Labute approximate surface area is 132 Å². The average molecular weight is 313 g/mol. The van der Waals surface area contributed by atoms with Crippen LogP contribution in [-0.2, 0) is 0 Å². The monoisotopic (exact) mass is 312 g/mol. The minimum Gasteiger partial charge on any atom is -0.496 e. The van der Waals surface area contributed by atoms with Crippen molar-refractivity contribution in [2.24, 2.45) is 0 Å². The molecule has 1 saturated heterocycles. The van der Waals surface area contributed by atoms with Crippen molar-refractivity contribution in [1.29, 1.82) is 0 Å². The third-order valence-electron chi connectivity index (χ3n) is 4.17. The van der Waals surface area contributed by atoms with Crippen molar-refractivity contribution >= 4 is 11.6 Å². The van der Waals surface area contributed by atoms with E-state index in [2.05, 4.69) is 10.2 Å². The Balaban J connectivity index is 2.12. The van der Waals surface area contributed by atoms with E-state index in [1.807, 2.05) is 19.9 Å². The second-order valence-electron chi connectivity index (χ2n) is 5.64. The molecule has 1 aromatic rings. The number of aliphatic hydroxyl groups excluding tert-OH is 1. The molecule has 0 spiro atoms. The number of nitrogens with one attached hydrogen (secondary N) is 1. The number of aliphatic hydroxyl groups is 1. The first kappa shape index (κ1) is 16.6. The van der Waals surface area contributed by atoms with Gasteiger partial charge in [-0.15, -0.1) is 0 Å². The molecular weight excluding hydrogens is 288 g/mol. The Bertz CT molecular complexity index is 488. The number of aryl methyl sites for hydroxylation is 1. The van der Waals surface area contributed by atoms with Crippen LogP contribution in [0.1, 0.15) is 29.2 Å². The van der Waals surface area contributed by atoms with Gasteiger partial charge in [0.05, 0.1) is 13.2 Å². The molecule has 1 aliphatic heterocycles. The highest BCUT2D eigenvalue weighted by atomic mass is 35.5. The molecule has 0 aliphatic carbocycles. The third kappa shape index (κ3) is 3.89. The molecule has 1 aromatic carbocycles. The number of hydrogen-bond acceptors (Lipinski definition) is 4. The van der Waals surface area contributed by atoms with Crippen LogP contribution in [0, 0.1) is 13.8 Å². The number of methoxy groups -OCH3 is 1. The lowest BCUT2D eigenvalue weighted by Gasteiger charge is -2.28. The number of ether oxygens (including phenoxy) is 1. The van der Waals surface area contributed by atoms with Crippen molar-refractivity contribution in [3.05, 3.63) is 27.8 Å². The van der Waals surface area contributed by atoms with Crippen molar-refractivity contribution in [3.8, 4) is 5.75 Å². The highest BCUT2D eigenvalue weighted by Gasteiger charge is 2.21. The van der Waals surface area contributed by atoms with Crippen LogP contribution in [0.3, 0.4) is 0 Å². The molecule has 1 atom stereocenters. The molecule has 2 N–H and O–H groups in total. The van der Waals surface area contributed by atoms with Crippen molar-refractivity contribution in [2.75, 3.05) is 39.8 Å². The van der Waals surface area contributed by atoms with Gasteiger partial charge in [-0.3, -0.25) is 0 Å². The van der Waals surface area contributed by atoms with E-state index in [1.54, 1.807) is 7.11 Å². The van der Waals surface area contributed by atoms with E-state index in [0.29, 0.717) is 11.4 Å². The summed E-state index contributed by atoms with van der Waals surface area (Å²) in [5, 5.41) is 14.6. The van der Waals surface area contributed by atoms with Crippen LogP contribution in [0.15, 0.2) is 6.07 Å². The van der Waals surface area contributed by atoms with Crippen LogP contribution in [0.5, 0.6) is 5.75 Å². The fourth-order valence-corrected chi connectivity index (χ4v) is 3.20. The molecule has 21 heavy (non-hydrogen) atoms. The lowest BCUT2D eigenvalue weighted by Crippen LogP contribution is -2.44. The minimum atomic E-state index is -0.549. The molecule has 118 valence electrons. The molecule has 0 amide bonds. The summed E-state index contributed by atoms with van der Waals surface area (Å²) in [6.07, 6.45) is 0.143. The number of benzene rings is 1. The Morgan fingerprint density at radius 2 is 2.05 bits per heavy atom. The van der Waals surface area contributed by atoms with Crippen molar-refractivity contribution in [1.82, 2.24) is 10.2 Å². The molecule has 1 fully saturated rings. The van der Waals surface area contributed by atoms with E-state index in [-0.39, 0.29) is 0 Å². The zero-order chi connectivity index (χ0) is 15.4. The van der Waals surface area contributed by atoms with Gasteiger partial charge in [0, 0.05) is 43.3 Å². The molecule has 0 radical (unpaired) electrons. The normalized spacial score (nSPS) is 17.8. The van der Waals surface area contributed by atoms with Gasteiger partial charge in [0.25, 0.3) is 0 Å². The largest absolute Gasteiger partial charge is 0.496 e. The maximum absolute atomic E-state index is 10.6. The van der Waals surface area contributed by atoms with Crippen molar-refractivity contribution < 1.29 is 9.84 Å². The fourth-order valence-electron chi connectivity index (χ4n) is 2.93. The number of halogens is 1. The van der Waals surface area contributed by atoms with Crippen LogP contribution in [0.4, 0.5) is 0 Å². The van der Waals surface area contributed by atoms with Gasteiger partial charge in [-0.2, -0.15) is 0 Å². The smallest absolute Gasteiger partial charge is 0.127 e. The molecular formula is C16H25ClN2O2. The summed E-state index contributed by atoms with van der Waals surface area (Å²) in [4.78, 5) is 2.37. The molecule has 1 unspecified atom stereocenters. The first-order chi connectivity index (χ1) is 10.0. The molecule has 4 nitrogen and oxygen atoms in total. The van der Waals surface area contributed by atoms with E-state index in [0.717, 1.165) is 55.2 Å². The van der Waals surface area contributed by atoms with Crippen LogP contribution in [0.2, 0.25) is 5.02 Å². The summed E-state index contributed by atoms with van der Waals surface area (Å²) in [5.41, 5.74) is 2.70. The van der Waals surface area contributed by atoms with E-state index < -0.39 is 6.10 Å². The predicted octanol–water partition coefficient (Wildman–Crippen LogP) is 2.29. The van der Waals surface area contributed by atoms with Crippen LogP contribution in [-0.4, -0.2) is 49.8 Å². The Kier molecular flexibility index (Phi) is 5.88. The zero-order valence-corrected chi connectivity index (χ0v) is 13.8. The summed E-state index contributed by atoms with van der Waals surface area (Å²) < 4.78 is 5.48. The number of rotatable bonds is 5. The highest BCUT2D eigenvalue weighted by Crippen LogP contribution is 2.37. The van der Waals surface area contributed by atoms with Gasteiger partial charge < -0.3 is 20.1 Å². The van der Waals surface area contributed by atoms with E-state index in [1.165, 1.54) is 0 Å². The fraction of sp³-hybridized carbons (Fsp3) is 0.625. The number of piperazine rings is 1. The first-order valence-corrected chi connectivity index (χ1v) is 7.87. The highest BCUT2D eigenvalue weighted by molar-refractivity contribution is 6.31. The van der Waals surface area contributed by atoms with Gasteiger partial charge in [-0.1, -0.05) is 11.6 Å². The van der Waals surface area contributed by atoms with Crippen LogP contribution < -0.4 is 10.1 Å². The lowest BCUT2D eigenvalue weighted by atomic mass is 9.97.